The van der Waals surface area contributed by atoms with Crippen LogP contribution in [0.5, 0.6) is 0 Å². The lowest BCUT2D eigenvalue weighted by atomic mass is 9.84. The first-order valence-electron chi connectivity index (χ1n) is 11.6. The summed E-state index contributed by atoms with van der Waals surface area (Å²) in [5, 5.41) is 0. The fourth-order valence-corrected chi connectivity index (χ4v) is 3.81. The first-order chi connectivity index (χ1) is 17.5. The minimum absolute atomic E-state index is 0.103. The van der Waals surface area contributed by atoms with E-state index in [1.54, 1.807) is 27.7 Å². The third-order valence-corrected chi connectivity index (χ3v) is 5.47. The summed E-state index contributed by atoms with van der Waals surface area (Å²) in [5.41, 5.74) is -6.67. The summed E-state index contributed by atoms with van der Waals surface area (Å²) in [6.07, 6.45) is -10.7. The van der Waals surface area contributed by atoms with Crippen LogP contribution < -0.4 is 4.90 Å². The number of halogens is 6. The van der Waals surface area contributed by atoms with Crippen molar-refractivity contribution in [3.63, 3.8) is 0 Å². The topological polar surface area (TPSA) is 81.6 Å². The summed E-state index contributed by atoms with van der Waals surface area (Å²) in [6.45, 7) is 8.00. The number of ether oxygens (including phenoxy) is 2. The SMILES string of the molecule is COC(c1ccc(N(C(=O)OCC(C)C)C(=O)c2nccnc2C)cc1CC(C)C)(C(F)(F)F)C(F)(F)F. The van der Waals surface area contributed by atoms with E-state index in [2.05, 4.69) is 14.7 Å². The molecule has 2 rings (SSSR count). The number of carbonyl (C=O) groups excluding carboxylic acids is 2. The highest BCUT2D eigenvalue weighted by Gasteiger charge is 2.73. The molecule has 0 bridgehead atoms. The van der Waals surface area contributed by atoms with Gasteiger partial charge in [0.25, 0.3) is 11.5 Å². The van der Waals surface area contributed by atoms with Crippen LogP contribution >= 0.6 is 0 Å². The Bertz CT molecular complexity index is 1130. The van der Waals surface area contributed by atoms with Gasteiger partial charge in [0.15, 0.2) is 0 Å². The summed E-state index contributed by atoms with van der Waals surface area (Å²) >= 11 is 0. The number of rotatable bonds is 8. The zero-order chi connectivity index (χ0) is 29.1. The third-order valence-electron chi connectivity index (χ3n) is 5.47. The van der Waals surface area contributed by atoms with Crippen LogP contribution in [0.25, 0.3) is 0 Å². The van der Waals surface area contributed by atoms with Gasteiger partial charge in [0.1, 0.15) is 5.69 Å². The average molecular weight is 550 g/mol. The van der Waals surface area contributed by atoms with Gasteiger partial charge < -0.3 is 9.47 Å². The van der Waals surface area contributed by atoms with E-state index < -0.39 is 47.0 Å². The van der Waals surface area contributed by atoms with Crippen molar-refractivity contribution in [1.82, 2.24) is 9.97 Å². The molecule has 0 unspecified atom stereocenters. The fraction of sp³-hybridized carbons (Fsp3) is 0.520. The highest BCUT2D eigenvalue weighted by molar-refractivity contribution is 6.18. The molecule has 0 aliphatic carbocycles. The molecule has 1 aromatic heterocycles. The predicted octanol–water partition coefficient (Wildman–Crippen LogP) is 6.39. The molecule has 0 fully saturated rings. The Hall–Kier alpha value is -3.22. The van der Waals surface area contributed by atoms with Gasteiger partial charge in [-0.1, -0.05) is 33.8 Å². The van der Waals surface area contributed by atoms with Gasteiger partial charge in [-0.25, -0.2) is 14.7 Å². The zero-order valence-electron chi connectivity index (χ0n) is 21.7. The average Bonchev–Trinajstić information content (AvgIpc) is 2.77. The van der Waals surface area contributed by atoms with Gasteiger partial charge in [-0.2, -0.15) is 26.3 Å². The molecule has 38 heavy (non-hydrogen) atoms. The van der Waals surface area contributed by atoms with Crippen LogP contribution in [-0.2, 0) is 21.5 Å². The van der Waals surface area contributed by atoms with E-state index in [-0.39, 0.29) is 36.0 Å². The van der Waals surface area contributed by atoms with Crippen molar-refractivity contribution in [3.05, 3.63) is 53.1 Å². The van der Waals surface area contributed by atoms with Gasteiger partial charge in [0.05, 0.1) is 18.0 Å². The molecular weight excluding hydrogens is 520 g/mol. The molecule has 0 atom stereocenters. The molecule has 13 heteroatoms. The Kier molecular flexibility index (Phi) is 9.52. The lowest BCUT2D eigenvalue weighted by Crippen LogP contribution is -2.56. The van der Waals surface area contributed by atoms with E-state index in [9.17, 15) is 35.9 Å². The molecule has 2 aromatic rings. The maximum absolute atomic E-state index is 14.0. The van der Waals surface area contributed by atoms with Crippen molar-refractivity contribution in [1.29, 1.82) is 0 Å². The molecule has 0 saturated heterocycles. The van der Waals surface area contributed by atoms with Crippen LogP contribution in [0.15, 0.2) is 30.6 Å². The van der Waals surface area contributed by atoms with Crippen molar-refractivity contribution in [2.45, 2.75) is 59.0 Å². The Morgan fingerprint density at radius 2 is 1.53 bits per heavy atom. The van der Waals surface area contributed by atoms with Crippen LogP contribution in [0.1, 0.15) is 55.0 Å². The molecular formula is C25H29F6N3O4. The van der Waals surface area contributed by atoms with Gasteiger partial charge >= 0.3 is 18.4 Å². The molecule has 7 nitrogen and oxygen atoms in total. The van der Waals surface area contributed by atoms with Gasteiger partial charge in [-0.05, 0) is 42.9 Å². The Morgan fingerprint density at radius 1 is 0.947 bits per heavy atom. The molecule has 0 saturated carbocycles. The maximum Gasteiger partial charge on any atom is 0.430 e. The zero-order valence-corrected chi connectivity index (χ0v) is 21.7. The Labute approximate surface area is 216 Å². The number of benzene rings is 1. The maximum atomic E-state index is 14.0. The first-order valence-corrected chi connectivity index (χ1v) is 11.6. The second-order valence-electron chi connectivity index (χ2n) is 9.42. The van der Waals surface area contributed by atoms with Gasteiger partial charge in [-0.3, -0.25) is 9.78 Å². The van der Waals surface area contributed by atoms with Crippen molar-refractivity contribution < 1.29 is 45.4 Å². The molecule has 2 amide bonds. The normalized spacial score (nSPS) is 12.7. The summed E-state index contributed by atoms with van der Waals surface area (Å²) in [5.74, 6) is -1.55. The summed E-state index contributed by atoms with van der Waals surface area (Å²) in [7, 11) is 0.323. The summed E-state index contributed by atoms with van der Waals surface area (Å²) in [6, 6.07) is 2.31. The minimum atomic E-state index is -5.88. The first kappa shape index (κ1) is 31.0. The van der Waals surface area contributed by atoms with Crippen LogP contribution in [-0.4, -0.2) is 48.0 Å². The van der Waals surface area contributed by atoms with Crippen LogP contribution in [0, 0.1) is 18.8 Å². The number of aromatic nitrogens is 2. The number of hydrogen-bond acceptors (Lipinski definition) is 6. The van der Waals surface area contributed by atoms with E-state index in [0.717, 1.165) is 12.1 Å². The number of nitrogens with zero attached hydrogens (tertiary/aromatic N) is 3. The molecule has 1 aromatic carbocycles. The largest absolute Gasteiger partial charge is 0.449 e. The van der Waals surface area contributed by atoms with Crippen LogP contribution in [0.3, 0.4) is 0 Å². The summed E-state index contributed by atoms with van der Waals surface area (Å²) < 4.78 is 93.6. The molecule has 0 N–H and O–H groups in total. The molecule has 0 aliphatic rings. The number of alkyl halides is 6. The lowest BCUT2D eigenvalue weighted by molar-refractivity contribution is -0.383. The molecule has 210 valence electrons. The second-order valence-corrected chi connectivity index (χ2v) is 9.42. The number of imide groups is 1. The number of aryl methyl sites for hydroxylation is 1. The number of anilines is 1. The molecule has 1 heterocycles. The monoisotopic (exact) mass is 549 g/mol. The van der Waals surface area contributed by atoms with Crippen molar-refractivity contribution in [3.8, 4) is 0 Å². The van der Waals surface area contributed by atoms with E-state index >= 15 is 0 Å². The molecule has 0 radical (unpaired) electrons. The highest BCUT2D eigenvalue weighted by atomic mass is 19.4. The van der Waals surface area contributed by atoms with Gasteiger partial charge in [0.2, 0.25) is 0 Å². The second kappa shape index (κ2) is 11.7. The number of hydrogen-bond donors (Lipinski definition) is 0. The standard InChI is InChI=1S/C25H29F6N3O4/c1-14(2)11-17-12-18(7-8-19(17)23(37-6,24(26,27)28)25(29,30)31)34(22(36)38-13-15(3)4)21(35)20-16(5)32-9-10-33-20/h7-10,12,14-15H,11,13H2,1-6H3. The Morgan fingerprint density at radius 3 is 2.00 bits per heavy atom. The third kappa shape index (κ3) is 6.25. The van der Waals surface area contributed by atoms with Crippen molar-refractivity contribution in [2.24, 2.45) is 11.8 Å². The van der Waals surface area contributed by atoms with Crippen molar-refractivity contribution >= 4 is 17.7 Å². The molecule has 0 aliphatic heterocycles. The predicted molar refractivity (Wildman–Crippen MR) is 126 cm³/mol. The van der Waals surface area contributed by atoms with E-state index in [1.807, 2.05) is 0 Å². The van der Waals surface area contributed by atoms with E-state index in [1.165, 1.54) is 19.3 Å². The number of amides is 2. The minimum Gasteiger partial charge on any atom is -0.449 e. The Balaban J connectivity index is 2.82. The van der Waals surface area contributed by atoms with Crippen LogP contribution in [0.2, 0.25) is 0 Å². The van der Waals surface area contributed by atoms with Crippen LogP contribution in [0.4, 0.5) is 36.8 Å². The lowest BCUT2D eigenvalue weighted by Gasteiger charge is -2.38. The van der Waals surface area contributed by atoms with E-state index in [4.69, 9.17) is 4.74 Å². The smallest absolute Gasteiger partial charge is 0.430 e. The number of methoxy groups -OCH3 is 1. The van der Waals surface area contributed by atoms with E-state index in [0.29, 0.717) is 18.1 Å². The van der Waals surface area contributed by atoms with Crippen molar-refractivity contribution in [2.75, 3.05) is 18.6 Å². The van der Waals surface area contributed by atoms with Gasteiger partial charge in [-0.15, -0.1) is 0 Å². The summed E-state index contributed by atoms with van der Waals surface area (Å²) in [4.78, 5) is 34.8. The quantitative estimate of drug-likeness (QED) is 0.355. The number of carbonyl (C=O) groups is 2. The molecule has 0 spiro atoms. The fourth-order valence-electron chi connectivity index (χ4n) is 3.81. The highest BCUT2D eigenvalue weighted by Crippen LogP contribution is 2.54. The van der Waals surface area contributed by atoms with Gasteiger partial charge in [0, 0.05) is 25.1 Å².